The Kier molecular flexibility index (Phi) is 7.58. The van der Waals surface area contributed by atoms with E-state index in [0.717, 1.165) is 11.6 Å². The summed E-state index contributed by atoms with van der Waals surface area (Å²) >= 11 is 0. The SMILES string of the molecule is CC[C@]12C=CCN3CC[C@@]4(c5cc(/C(=C/C(=O)OC)C(=O)OC)c(OC)cc5N(C)[C@H]4[C@@](O)(C(=O)OC)[C@@H]1OC(C)=O)[C@@H]32. The first-order chi connectivity index (χ1) is 20.4. The molecular formula is C31H38N2O10. The largest absolute Gasteiger partial charge is 0.496 e. The molecule has 1 spiro atoms. The molecule has 1 saturated heterocycles. The number of methoxy groups -OCH3 is 4. The zero-order chi connectivity index (χ0) is 31.5. The number of carbonyl (C=O) groups excluding carboxylic acids is 4. The topological polar surface area (TPSA) is 141 Å². The first-order valence-electron chi connectivity index (χ1n) is 14.2. The lowest BCUT2D eigenvalue weighted by Gasteiger charge is -2.63. The summed E-state index contributed by atoms with van der Waals surface area (Å²) in [4.78, 5) is 55.9. The van der Waals surface area contributed by atoms with Gasteiger partial charge in [0.05, 0.1) is 40.1 Å². The molecule has 0 unspecified atom stereocenters. The number of esters is 4. The van der Waals surface area contributed by atoms with E-state index < -0.39 is 52.5 Å². The molecule has 0 bridgehead atoms. The van der Waals surface area contributed by atoms with Gasteiger partial charge in [-0.3, -0.25) is 9.69 Å². The van der Waals surface area contributed by atoms with Crippen molar-refractivity contribution in [2.75, 3.05) is 53.5 Å². The van der Waals surface area contributed by atoms with E-state index in [4.69, 9.17) is 23.7 Å². The fourth-order valence-corrected chi connectivity index (χ4v) is 8.50. The summed E-state index contributed by atoms with van der Waals surface area (Å²) < 4.78 is 26.7. The number of hydrogen-bond donors (Lipinski definition) is 1. The third-order valence-corrected chi connectivity index (χ3v) is 9.89. The molecule has 1 N–H and O–H groups in total. The van der Waals surface area contributed by atoms with Crippen LogP contribution in [0.3, 0.4) is 0 Å². The molecule has 3 heterocycles. The molecule has 6 atom stereocenters. The monoisotopic (exact) mass is 598 g/mol. The highest BCUT2D eigenvalue weighted by atomic mass is 16.6. The highest BCUT2D eigenvalue weighted by molar-refractivity contribution is 6.21. The van der Waals surface area contributed by atoms with Gasteiger partial charge in [-0.15, -0.1) is 0 Å². The van der Waals surface area contributed by atoms with Crippen LogP contribution in [-0.4, -0.2) is 106 Å². The van der Waals surface area contributed by atoms with Gasteiger partial charge in [0.1, 0.15) is 5.75 Å². The Bertz CT molecular complexity index is 1440. The number of nitrogens with zero attached hydrogens (tertiary/aromatic N) is 2. The lowest BCUT2D eigenvalue weighted by Crippen LogP contribution is -2.81. The summed E-state index contributed by atoms with van der Waals surface area (Å²) in [5, 5.41) is 12.8. The van der Waals surface area contributed by atoms with Gasteiger partial charge in [0.15, 0.2) is 6.10 Å². The van der Waals surface area contributed by atoms with E-state index >= 15 is 0 Å². The average molecular weight is 599 g/mol. The molecule has 3 aliphatic heterocycles. The Hall–Kier alpha value is -3.90. The summed E-state index contributed by atoms with van der Waals surface area (Å²) in [5.74, 6) is -2.81. The maximum absolute atomic E-state index is 13.8. The van der Waals surface area contributed by atoms with Crippen molar-refractivity contribution >= 4 is 35.1 Å². The Morgan fingerprint density at radius 3 is 2.37 bits per heavy atom. The van der Waals surface area contributed by atoms with Gasteiger partial charge >= 0.3 is 23.9 Å². The van der Waals surface area contributed by atoms with Crippen LogP contribution in [0.15, 0.2) is 30.4 Å². The number of ether oxygens (including phenoxy) is 5. The second-order valence-corrected chi connectivity index (χ2v) is 11.5. The number of aliphatic hydroxyl groups is 1. The van der Waals surface area contributed by atoms with E-state index in [1.807, 2.05) is 24.0 Å². The van der Waals surface area contributed by atoms with Crippen molar-refractivity contribution in [1.29, 1.82) is 0 Å². The van der Waals surface area contributed by atoms with E-state index in [1.165, 1.54) is 35.4 Å². The standard InChI is InChI=1S/C31H38N2O10/c1-8-29-10-9-12-33-13-11-30(25(29)33)20-14-18(19(24(36)41-6)15-23(35)40-5)22(39-4)16-21(20)32(3)26(30)31(38,28(37)42-7)27(29)43-17(2)34/h9-10,14-16,25-27,38H,8,11-13H2,1-7H3/b19-15-/t25-,26+,27+,29+,30+,31-/m0/s1. The molecule has 232 valence electrons. The maximum atomic E-state index is 13.8. The minimum atomic E-state index is -2.29. The van der Waals surface area contributed by atoms with Gasteiger partial charge in [0.25, 0.3) is 0 Å². The smallest absolute Gasteiger partial charge is 0.344 e. The van der Waals surface area contributed by atoms with E-state index in [0.29, 0.717) is 31.6 Å². The van der Waals surface area contributed by atoms with Gasteiger partial charge in [0.2, 0.25) is 5.60 Å². The Morgan fingerprint density at radius 1 is 1.07 bits per heavy atom. The Balaban J connectivity index is 1.88. The highest BCUT2D eigenvalue weighted by Gasteiger charge is 2.80. The maximum Gasteiger partial charge on any atom is 0.344 e. The van der Waals surface area contributed by atoms with Crippen LogP contribution >= 0.6 is 0 Å². The first kappa shape index (κ1) is 30.6. The van der Waals surface area contributed by atoms with Crippen LogP contribution in [-0.2, 0) is 43.5 Å². The molecule has 5 rings (SSSR count). The second kappa shape index (κ2) is 10.7. The second-order valence-electron chi connectivity index (χ2n) is 11.5. The third kappa shape index (κ3) is 3.95. The molecule has 12 nitrogen and oxygen atoms in total. The van der Waals surface area contributed by atoms with Crippen LogP contribution in [0.2, 0.25) is 0 Å². The molecule has 1 aromatic carbocycles. The number of rotatable bonds is 7. The minimum Gasteiger partial charge on any atom is -0.496 e. The van der Waals surface area contributed by atoms with Crippen molar-refractivity contribution in [2.45, 2.75) is 55.9 Å². The third-order valence-electron chi connectivity index (χ3n) is 9.89. The fourth-order valence-electron chi connectivity index (χ4n) is 8.50. The van der Waals surface area contributed by atoms with Crippen molar-refractivity contribution < 1.29 is 48.0 Å². The van der Waals surface area contributed by atoms with Crippen LogP contribution in [0.25, 0.3) is 5.57 Å². The summed E-state index contributed by atoms with van der Waals surface area (Å²) in [6.07, 6.45) is 4.72. The van der Waals surface area contributed by atoms with Gasteiger partial charge in [-0.25, -0.2) is 14.4 Å². The molecule has 0 amide bonds. The average Bonchev–Trinajstić information content (AvgIpc) is 3.51. The van der Waals surface area contributed by atoms with Crippen LogP contribution in [0.1, 0.15) is 37.8 Å². The zero-order valence-corrected chi connectivity index (χ0v) is 25.5. The molecule has 0 radical (unpaired) electrons. The van der Waals surface area contributed by atoms with Gasteiger partial charge in [0, 0.05) is 60.8 Å². The van der Waals surface area contributed by atoms with Crippen molar-refractivity contribution in [1.82, 2.24) is 4.90 Å². The van der Waals surface area contributed by atoms with Gasteiger partial charge < -0.3 is 33.7 Å². The quantitative estimate of drug-likeness (QED) is 0.210. The van der Waals surface area contributed by atoms with Crippen LogP contribution < -0.4 is 9.64 Å². The lowest BCUT2D eigenvalue weighted by molar-refractivity contribution is -0.228. The minimum absolute atomic E-state index is 0.0755. The molecule has 12 heteroatoms. The van der Waals surface area contributed by atoms with Crippen molar-refractivity contribution in [2.24, 2.45) is 5.41 Å². The number of benzene rings is 1. The predicted molar refractivity (Wildman–Crippen MR) is 153 cm³/mol. The lowest BCUT2D eigenvalue weighted by atomic mass is 9.47. The van der Waals surface area contributed by atoms with Crippen LogP contribution in [0.5, 0.6) is 5.75 Å². The summed E-state index contributed by atoms with van der Waals surface area (Å²) in [5.41, 5.74) is -2.56. The molecule has 1 aliphatic carbocycles. The van der Waals surface area contributed by atoms with Crippen LogP contribution in [0.4, 0.5) is 5.69 Å². The first-order valence-corrected chi connectivity index (χ1v) is 14.2. The molecule has 1 saturated carbocycles. The van der Waals surface area contributed by atoms with Crippen LogP contribution in [0, 0.1) is 5.41 Å². The number of carbonyl (C=O) groups is 4. The Labute approximate surface area is 250 Å². The summed E-state index contributed by atoms with van der Waals surface area (Å²) in [6, 6.07) is 2.26. The number of anilines is 1. The molecule has 1 aromatic rings. The van der Waals surface area contributed by atoms with E-state index in [1.54, 1.807) is 19.2 Å². The van der Waals surface area contributed by atoms with Gasteiger partial charge in [-0.2, -0.15) is 0 Å². The molecule has 43 heavy (non-hydrogen) atoms. The van der Waals surface area contributed by atoms with E-state index in [9.17, 15) is 24.3 Å². The van der Waals surface area contributed by atoms with E-state index in [2.05, 4.69) is 4.90 Å². The molecule has 4 aliphatic rings. The summed E-state index contributed by atoms with van der Waals surface area (Å²) in [7, 11) is 6.81. The zero-order valence-electron chi connectivity index (χ0n) is 25.5. The van der Waals surface area contributed by atoms with Crippen molar-refractivity contribution in [3.63, 3.8) is 0 Å². The van der Waals surface area contributed by atoms with Gasteiger partial charge in [-0.05, 0) is 31.0 Å². The van der Waals surface area contributed by atoms with E-state index in [-0.39, 0.29) is 22.9 Å². The molecule has 0 aromatic heterocycles. The van der Waals surface area contributed by atoms with Gasteiger partial charge in [-0.1, -0.05) is 19.1 Å². The number of hydrogen-bond acceptors (Lipinski definition) is 12. The summed E-state index contributed by atoms with van der Waals surface area (Å²) in [6.45, 7) is 4.46. The normalized spacial score (nSPS) is 32.3. The number of likely N-dealkylation sites (N-methyl/N-ethyl adjacent to an activating group) is 1. The number of fused-ring (bicyclic) bond motifs is 1. The fraction of sp³-hybridized carbons (Fsp3) is 0.548. The molecule has 2 fully saturated rings. The highest BCUT2D eigenvalue weighted by Crippen LogP contribution is 2.67. The predicted octanol–water partition coefficient (Wildman–Crippen LogP) is 1.37. The molecular weight excluding hydrogens is 560 g/mol. The van der Waals surface area contributed by atoms with Crippen molar-refractivity contribution in [3.8, 4) is 5.75 Å². The van der Waals surface area contributed by atoms with Crippen molar-refractivity contribution in [3.05, 3.63) is 41.5 Å². The Morgan fingerprint density at radius 2 is 1.79 bits per heavy atom.